The Hall–Kier alpha value is -2.16. The summed E-state index contributed by atoms with van der Waals surface area (Å²) in [5.74, 6) is 0.891. The molecule has 4 rings (SSSR count). The minimum atomic E-state index is 0.00468. The molecule has 0 radical (unpaired) electrons. The van der Waals surface area contributed by atoms with E-state index >= 15 is 0 Å². The van der Waals surface area contributed by atoms with Crippen molar-refractivity contribution in [2.24, 2.45) is 4.99 Å². The number of ether oxygens (including phenoxy) is 1. The Morgan fingerprint density at radius 2 is 1.86 bits per heavy atom. The molecule has 1 heterocycles. The zero-order valence-electron chi connectivity index (χ0n) is 15.0. The van der Waals surface area contributed by atoms with Gasteiger partial charge in [-0.05, 0) is 84.2 Å². The number of aliphatic imine (C=N–C) groups is 1. The summed E-state index contributed by atoms with van der Waals surface area (Å²) in [5.41, 5.74) is 3.42. The first-order chi connectivity index (χ1) is 14.0. The molecule has 0 aliphatic carbocycles. The van der Waals surface area contributed by atoms with Crippen LogP contribution in [0.3, 0.4) is 0 Å². The standard InChI is InChI=1S/C21H13Br3N2O3/c1-28-18-9-15(23)19(24)13(20(18)27)10-25-11-6-7-17-16(8-11)26-21(29-17)12-4-2-3-5-14(12)22/h2-10,27H,1H3. The van der Waals surface area contributed by atoms with Gasteiger partial charge in [0.25, 0.3) is 0 Å². The van der Waals surface area contributed by atoms with Crippen molar-refractivity contribution in [1.82, 2.24) is 4.98 Å². The Morgan fingerprint density at radius 3 is 2.62 bits per heavy atom. The third-order valence-corrected chi connectivity index (χ3v) is 6.93. The molecule has 5 nitrogen and oxygen atoms in total. The highest BCUT2D eigenvalue weighted by Crippen LogP contribution is 2.40. The van der Waals surface area contributed by atoms with Gasteiger partial charge in [0.15, 0.2) is 17.1 Å². The SMILES string of the molecule is COc1cc(Br)c(Br)c(C=Nc2ccc3oc(-c4ccccc4Br)nc3c2)c1O. The first-order valence-corrected chi connectivity index (χ1v) is 10.8. The molecule has 4 aromatic rings. The van der Waals surface area contributed by atoms with Crippen LogP contribution in [-0.4, -0.2) is 23.4 Å². The molecule has 1 N–H and O–H groups in total. The maximum absolute atomic E-state index is 10.4. The normalized spacial score (nSPS) is 11.4. The first-order valence-electron chi connectivity index (χ1n) is 8.42. The van der Waals surface area contributed by atoms with Crippen LogP contribution in [0, 0.1) is 0 Å². The summed E-state index contributed by atoms with van der Waals surface area (Å²) in [6.45, 7) is 0. The quantitative estimate of drug-likeness (QED) is 0.258. The van der Waals surface area contributed by atoms with E-state index in [0.717, 1.165) is 14.5 Å². The largest absolute Gasteiger partial charge is 0.504 e. The van der Waals surface area contributed by atoms with E-state index in [4.69, 9.17) is 9.15 Å². The molecule has 0 saturated carbocycles. The smallest absolute Gasteiger partial charge is 0.228 e. The number of rotatable bonds is 4. The molecule has 0 bridgehead atoms. The molecule has 8 heteroatoms. The van der Waals surface area contributed by atoms with E-state index in [1.54, 1.807) is 12.3 Å². The predicted molar refractivity (Wildman–Crippen MR) is 124 cm³/mol. The van der Waals surface area contributed by atoms with Gasteiger partial charge in [0.05, 0.1) is 23.9 Å². The van der Waals surface area contributed by atoms with Gasteiger partial charge >= 0.3 is 0 Å². The lowest BCUT2D eigenvalue weighted by Gasteiger charge is -2.09. The number of aromatic nitrogens is 1. The van der Waals surface area contributed by atoms with Gasteiger partial charge < -0.3 is 14.3 Å². The van der Waals surface area contributed by atoms with Gasteiger partial charge in [-0.25, -0.2) is 4.98 Å². The van der Waals surface area contributed by atoms with Crippen molar-refractivity contribution < 1.29 is 14.3 Å². The number of aromatic hydroxyl groups is 1. The molecular weight excluding hydrogens is 568 g/mol. The molecule has 3 aromatic carbocycles. The van der Waals surface area contributed by atoms with E-state index in [9.17, 15) is 5.11 Å². The van der Waals surface area contributed by atoms with Gasteiger partial charge in [-0.2, -0.15) is 0 Å². The number of benzene rings is 3. The summed E-state index contributed by atoms with van der Waals surface area (Å²) in [5, 5.41) is 10.4. The number of phenolic OH excluding ortho intramolecular Hbond substituents is 1. The molecule has 146 valence electrons. The molecule has 0 aliphatic heterocycles. The van der Waals surface area contributed by atoms with E-state index in [2.05, 4.69) is 57.8 Å². The van der Waals surface area contributed by atoms with Crippen molar-refractivity contribution in [3.8, 4) is 23.0 Å². The van der Waals surface area contributed by atoms with E-state index in [1.807, 2.05) is 42.5 Å². The fourth-order valence-corrected chi connectivity index (χ4v) is 4.05. The molecule has 1 aromatic heterocycles. The molecule has 0 atom stereocenters. The topological polar surface area (TPSA) is 67.9 Å². The maximum atomic E-state index is 10.4. The van der Waals surface area contributed by atoms with Crippen molar-refractivity contribution in [3.63, 3.8) is 0 Å². The molecule has 0 aliphatic rings. The van der Waals surface area contributed by atoms with E-state index in [-0.39, 0.29) is 5.75 Å². The van der Waals surface area contributed by atoms with Crippen LogP contribution < -0.4 is 4.74 Å². The van der Waals surface area contributed by atoms with Gasteiger partial charge in [-0.1, -0.05) is 12.1 Å². The summed E-state index contributed by atoms with van der Waals surface area (Å²) in [6.07, 6.45) is 1.57. The second-order valence-electron chi connectivity index (χ2n) is 6.05. The molecule has 29 heavy (non-hydrogen) atoms. The predicted octanol–water partition coefficient (Wildman–Crippen LogP) is 7.25. The van der Waals surface area contributed by atoms with Gasteiger partial charge in [-0.15, -0.1) is 0 Å². The molecule has 0 spiro atoms. The van der Waals surface area contributed by atoms with E-state index < -0.39 is 0 Å². The zero-order valence-corrected chi connectivity index (χ0v) is 19.7. The molecule has 0 amide bonds. The molecule has 0 unspecified atom stereocenters. The van der Waals surface area contributed by atoms with Crippen LogP contribution in [0.1, 0.15) is 5.56 Å². The van der Waals surface area contributed by atoms with Gasteiger partial charge in [0.1, 0.15) is 5.52 Å². The van der Waals surface area contributed by atoms with Gasteiger partial charge in [-0.3, -0.25) is 4.99 Å². The summed E-state index contributed by atoms with van der Waals surface area (Å²) in [7, 11) is 1.50. The van der Waals surface area contributed by atoms with Crippen LogP contribution in [0.4, 0.5) is 5.69 Å². The Labute approximate surface area is 191 Å². The fourth-order valence-electron chi connectivity index (χ4n) is 2.77. The average molecular weight is 581 g/mol. The second kappa shape index (κ2) is 8.30. The van der Waals surface area contributed by atoms with E-state index in [0.29, 0.717) is 38.5 Å². The lowest BCUT2D eigenvalue weighted by Crippen LogP contribution is -1.91. The fraction of sp³-hybridized carbons (Fsp3) is 0.0476. The molecule has 0 fully saturated rings. The van der Waals surface area contributed by atoms with Crippen LogP contribution >= 0.6 is 47.8 Å². The number of halogens is 3. The van der Waals surface area contributed by atoms with Crippen LogP contribution in [0.2, 0.25) is 0 Å². The zero-order chi connectivity index (χ0) is 20.5. The number of phenols is 1. The lowest BCUT2D eigenvalue weighted by atomic mass is 10.2. The van der Waals surface area contributed by atoms with Crippen molar-refractivity contribution in [2.45, 2.75) is 0 Å². The summed E-state index contributed by atoms with van der Waals surface area (Å²) >= 11 is 10.4. The van der Waals surface area contributed by atoms with Crippen molar-refractivity contribution >= 4 is 70.8 Å². The van der Waals surface area contributed by atoms with Crippen molar-refractivity contribution in [1.29, 1.82) is 0 Å². The van der Waals surface area contributed by atoms with E-state index in [1.165, 1.54) is 7.11 Å². The summed E-state index contributed by atoms with van der Waals surface area (Å²) < 4.78 is 13.4. The van der Waals surface area contributed by atoms with Crippen LogP contribution in [-0.2, 0) is 0 Å². The number of fused-ring (bicyclic) bond motifs is 1. The van der Waals surface area contributed by atoms with Crippen LogP contribution in [0.25, 0.3) is 22.6 Å². The maximum Gasteiger partial charge on any atom is 0.228 e. The average Bonchev–Trinajstić information content (AvgIpc) is 3.14. The highest BCUT2D eigenvalue weighted by Gasteiger charge is 2.15. The van der Waals surface area contributed by atoms with Crippen molar-refractivity contribution in [3.05, 3.63) is 67.5 Å². The minimum Gasteiger partial charge on any atom is -0.504 e. The number of oxazole rings is 1. The van der Waals surface area contributed by atoms with Crippen LogP contribution in [0.15, 0.2) is 71.4 Å². The molecule has 0 saturated heterocycles. The number of hydrogen-bond donors (Lipinski definition) is 1. The highest BCUT2D eigenvalue weighted by molar-refractivity contribution is 9.13. The summed E-state index contributed by atoms with van der Waals surface area (Å²) in [6, 6.07) is 14.9. The Morgan fingerprint density at radius 1 is 1.07 bits per heavy atom. The Balaban J connectivity index is 1.71. The lowest BCUT2D eigenvalue weighted by molar-refractivity contribution is 0.372. The summed E-state index contributed by atoms with van der Waals surface area (Å²) in [4.78, 5) is 9.06. The monoisotopic (exact) mass is 578 g/mol. The minimum absolute atomic E-state index is 0.00468. The first kappa shape index (κ1) is 20.1. The van der Waals surface area contributed by atoms with Gasteiger partial charge in [0.2, 0.25) is 5.89 Å². The highest BCUT2D eigenvalue weighted by atomic mass is 79.9. The second-order valence-corrected chi connectivity index (χ2v) is 8.55. The number of methoxy groups -OCH3 is 1. The Kier molecular flexibility index (Phi) is 5.76. The Bertz CT molecular complexity index is 1250. The van der Waals surface area contributed by atoms with Gasteiger partial charge in [0, 0.05) is 19.6 Å². The molecular formula is C21H13Br3N2O3. The number of nitrogens with zero attached hydrogens (tertiary/aromatic N) is 2. The number of hydrogen-bond acceptors (Lipinski definition) is 5. The third-order valence-electron chi connectivity index (χ3n) is 4.23. The van der Waals surface area contributed by atoms with Crippen molar-refractivity contribution in [2.75, 3.05) is 7.11 Å². The third kappa shape index (κ3) is 3.97. The van der Waals surface area contributed by atoms with Crippen LogP contribution in [0.5, 0.6) is 11.5 Å².